The van der Waals surface area contributed by atoms with Crippen LogP contribution in [-0.4, -0.2) is 21.2 Å². The molecule has 0 atom stereocenters. The third kappa shape index (κ3) is 3.56. The number of hydrogen-bond donors (Lipinski definition) is 2. The molecular weight excluding hydrogens is 80.1 g/mol. The van der Waals surface area contributed by atoms with E-state index in [2.05, 4.69) is 0 Å². The molecule has 0 rings (SSSR count). The van der Waals surface area contributed by atoms with Gasteiger partial charge in [-0.3, -0.25) is 0 Å². The SMILES string of the molecule is N=CC=[Si]N. The van der Waals surface area contributed by atoms with Gasteiger partial charge in [0.15, 0.2) is 9.29 Å². The van der Waals surface area contributed by atoms with Crippen LogP contribution in [-0.2, 0) is 0 Å². The first-order valence-electron chi connectivity index (χ1n) is 1.20. The Balaban J connectivity index is 2.92. The highest BCUT2D eigenvalue weighted by Gasteiger charge is 1.46. The zero-order chi connectivity index (χ0) is 4.12. The summed E-state index contributed by atoms with van der Waals surface area (Å²) >= 11 is 0. The number of nitrogens with two attached hydrogens (primary N) is 1. The van der Waals surface area contributed by atoms with Crippen molar-refractivity contribution < 1.29 is 0 Å². The summed E-state index contributed by atoms with van der Waals surface area (Å²) < 4.78 is 0. The maximum Gasteiger partial charge on any atom is 0.151 e. The molecule has 5 heavy (non-hydrogen) atoms. The minimum absolute atomic E-state index is 0.290. The van der Waals surface area contributed by atoms with E-state index in [1.165, 1.54) is 6.21 Å². The van der Waals surface area contributed by atoms with Gasteiger partial charge in [0.1, 0.15) is 0 Å². The van der Waals surface area contributed by atoms with Crippen molar-refractivity contribution in [3.05, 3.63) is 0 Å². The van der Waals surface area contributed by atoms with E-state index >= 15 is 0 Å². The molecule has 0 fully saturated rings. The lowest BCUT2D eigenvalue weighted by atomic mass is 10.9. The van der Waals surface area contributed by atoms with Crippen LogP contribution in [0.2, 0.25) is 0 Å². The maximum atomic E-state index is 6.35. The fourth-order valence-corrected chi connectivity index (χ4v) is 0.144. The number of rotatable bonds is 1. The van der Waals surface area contributed by atoms with Gasteiger partial charge in [-0.15, -0.1) is 0 Å². The van der Waals surface area contributed by atoms with Crippen LogP contribution in [0.3, 0.4) is 0 Å². The van der Waals surface area contributed by atoms with E-state index in [4.69, 9.17) is 10.8 Å². The zero-order valence-corrected chi connectivity index (χ0v) is 3.73. The zero-order valence-electron chi connectivity index (χ0n) is 2.73. The summed E-state index contributed by atoms with van der Waals surface area (Å²) in [7, 11) is 0.290. The normalized spacial score (nSPS) is 8.80. The highest BCUT2D eigenvalue weighted by Crippen LogP contribution is 1.18. The first kappa shape index (κ1) is 4.56. The molecule has 0 saturated heterocycles. The average Bonchev–Trinajstić information content (AvgIpc) is 1.41. The molecule has 0 bridgehead atoms. The number of nitrogens with one attached hydrogen (secondary N) is 1. The lowest BCUT2D eigenvalue weighted by molar-refractivity contribution is 1.60. The van der Waals surface area contributed by atoms with Gasteiger partial charge in [-0.25, -0.2) is 0 Å². The Morgan fingerprint density at radius 1 is 1.80 bits per heavy atom. The van der Waals surface area contributed by atoms with E-state index in [0.29, 0.717) is 0 Å². The van der Waals surface area contributed by atoms with E-state index < -0.39 is 0 Å². The maximum absolute atomic E-state index is 6.35. The third-order valence-electron chi connectivity index (χ3n) is 0.180. The summed E-state index contributed by atoms with van der Waals surface area (Å²) in [5.74, 6) is 0. The topological polar surface area (TPSA) is 49.9 Å². The number of hydrogen-bond acceptors (Lipinski definition) is 2. The molecule has 0 aromatic rings. The molecule has 0 aromatic heterocycles. The van der Waals surface area contributed by atoms with Crippen molar-refractivity contribution in [1.82, 2.24) is 0 Å². The van der Waals surface area contributed by atoms with Gasteiger partial charge in [-0.2, -0.15) is 0 Å². The third-order valence-corrected chi connectivity index (χ3v) is 0.539. The molecular formula is C2H5N2Si. The van der Waals surface area contributed by atoms with Gasteiger partial charge in [-0.05, 0) is 5.67 Å². The lowest BCUT2D eigenvalue weighted by Gasteiger charge is -1.54. The lowest BCUT2D eigenvalue weighted by Crippen LogP contribution is -1.96. The van der Waals surface area contributed by atoms with E-state index in [1.807, 2.05) is 0 Å². The van der Waals surface area contributed by atoms with E-state index in [-0.39, 0.29) is 9.29 Å². The van der Waals surface area contributed by atoms with Crippen LogP contribution in [0, 0.1) is 5.41 Å². The molecule has 0 heterocycles. The van der Waals surface area contributed by atoms with Crippen molar-refractivity contribution in [3.8, 4) is 0 Å². The second-order valence-electron chi connectivity index (χ2n) is 0.500. The fourth-order valence-electron chi connectivity index (χ4n) is 0.0481. The van der Waals surface area contributed by atoms with Crippen LogP contribution < -0.4 is 5.40 Å². The van der Waals surface area contributed by atoms with Gasteiger partial charge < -0.3 is 10.8 Å². The van der Waals surface area contributed by atoms with Crippen molar-refractivity contribution in [3.63, 3.8) is 0 Å². The van der Waals surface area contributed by atoms with Gasteiger partial charge >= 0.3 is 0 Å². The highest BCUT2D eigenvalue weighted by molar-refractivity contribution is 6.56. The van der Waals surface area contributed by atoms with Crippen molar-refractivity contribution in [2.45, 2.75) is 0 Å². The van der Waals surface area contributed by atoms with E-state index in [1.54, 1.807) is 5.67 Å². The Morgan fingerprint density at radius 2 is 2.40 bits per heavy atom. The Labute approximate surface area is 33.0 Å². The molecule has 0 aromatic carbocycles. The minimum atomic E-state index is 0.290. The quantitative estimate of drug-likeness (QED) is 0.312. The minimum Gasteiger partial charge on any atom is -0.432 e. The van der Waals surface area contributed by atoms with Gasteiger partial charge in [0.2, 0.25) is 0 Å². The highest BCUT2D eigenvalue weighted by atomic mass is 28.2. The summed E-state index contributed by atoms with van der Waals surface area (Å²) in [5, 5.41) is 11.3. The molecule has 2 nitrogen and oxygen atoms in total. The summed E-state index contributed by atoms with van der Waals surface area (Å²) in [6, 6.07) is 0. The second-order valence-corrected chi connectivity index (χ2v) is 1.17. The van der Waals surface area contributed by atoms with Crippen molar-refractivity contribution >= 4 is 21.2 Å². The molecule has 0 aliphatic rings. The second kappa shape index (κ2) is 3.56. The standard InChI is InChI=1S/C2H5N2Si/c3-1-2-5-4/h1-3H,4H2. The smallest absolute Gasteiger partial charge is 0.151 e. The summed E-state index contributed by atoms with van der Waals surface area (Å²) in [4.78, 5) is 0. The predicted octanol–water partition coefficient (Wildman–Crippen LogP) is -0.984. The molecule has 0 spiro atoms. The first-order valence-corrected chi connectivity index (χ1v) is 2.35. The van der Waals surface area contributed by atoms with Gasteiger partial charge in [-0.1, -0.05) is 0 Å². The van der Waals surface area contributed by atoms with E-state index in [0.717, 1.165) is 0 Å². The molecule has 0 saturated carbocycles. The molecule has 0 amide bonds. The Bertz CT molecular complexity index is 49.6. The van der Waals surface area contributed by atoms with Crippen LogP contribution in [0.15, 0.2) is 0 Å². The molecule has 3 heteroatoms. The average molecular weight is 85.2 g/mol. The molecule has 1 radical (unpaired) electrons. The van der Waals surface area contributed by atoms with Crippen LogP contribution in [0.1, 0.15) is 0 Å². The van der Waals surface area contributed by atoms with Crippen LogP contribution >= 0.6 is 0 Å². The Kier molecular flexibility index (Phi) is 3.24. The van der Waals surface area contributed by atoms with Crippen LogP contribution in [0.25, 0.3) is 0 Å². The molecule has 27 valence electrons. The van der Waals surface area contributed by atoms with Gasteiger partial charge in [0.25, 0.3) is 0 Å². The van der Waals surface area contributed by atoms with E-state index in [9.17, 15) is 0 Å². The summed E-state index contributed by atoms with van der Waals surface area (Å²) in [6.07, 6.45) is 1.19. The Morgan fingerprint density at radius 3 is 2.40 bits per heavy atom. The van der Waals surface area contributed by atoms with Gasteiger partial charge in [0.05, 0.1) is 0 Å². The van der Waals surface area contributed by atoms with Crippen LogP contribution in [0.4, 0.5) is 0 Å². The molecule has 0 unspecified atom stereocenters. The fraction of sp³-hybridized carbons (Fsp3) is 0. The molecule has 0 aliphatic heterocycles. The summed E-state index contributed by atoms with van der Waals surface area (Å²) in [5.41, 5.74) is 1.60. The van der Waals surface area contributed by atoms with Crippen molar-refractivity contribution in [2.24, 2.45) is 5.40 Å². The van der Waals surface area contributed by atoms with Crippen LogP contribution in [0.5, 0.6) is 0 Å². The largest absolute Gasteiger partial charge is 0.432 e. The van der Waals surface area contributed by atoms with Crippen molar-refractivity contribution in [2.75, 3.05) is 0 Å². The summed E-state index contributed by atoms with van der Waals surface area (Å²) in [6.45, 7) is 0. The molecule has 0 aliphatic carbocycles. The predicted molar refractivity (Wildman–Crippen MR) is 24.8 cm³/mol. The van der Waals surface area contributed by atoms with Crippen molar-refractivity contribution in [1.29, 1.82) is 5.41 Å². The molecule has 3 N–H and O–H groups in total. The first-order chi connectivity index (χ1) is 2.41. The van der Waals surface area contributed by atoms with Gasteiger partial charge in [0, 0.05) is 6.21 Å². The Hall–Kier alpha value is -0.443. The monoisotopic (exact) mass is 85.0 g/mol.